The third-order valence-corrected chi connectivity index (χ3v) is 3.55. The molecule has 0 unspecified atom stereocenters. The highest BCUT2D eigenvalue weighted by Gasteiger charge is 2.12. The Bertz CT molecular complexity index is 636. The summed E-state index contributed by atoms with van der Waals surface area (Å²) in [5.41, 5.74) is 5.64. The van der Waals surface area contributed by atoms with Crippen LogP contribution in [0, 0.1) is 11.8 Å². The highest BCUT2D eigenvalue weighted by atomic mass is 35.5. The quantitative estimate of drug-likeness (QED) is 0.853. The zero-order valence-electron chi connectivity index (χ0n) is 9.90. The summed E-state index contributed by atoms with van der Waals surface area (Å²) in [6.45, 7) is 0.762. The van der Waals surface area contributed by atoms with Gasteiger partial charge in [-0.1, -0.05) is 11.8 Å². The smallest absolute Gasteiger partial charge is 0.256 e. The molecule has 0 fully saturated rings. The zero-order chi connectivity index (χ0) is 13.7. The van der Waals surface area contributed by atoms with Gasteiger partial charge in [-0.05, 0) is 29.8 Å². The van der Waals surface area contributed by atoms with Gasteiger partial charge in [-0.25, -0.2) is 0 Å². The van der Waals surface area contributed by atoms with Crippen LogP contribution >= 0.6 is 22.9 Å². The van der Waals surface area contributed by atoms with Crippen molar-refractivity contribution in [1.82, 2.24) is 5.32 Å². The number of nitrogens with one attached hydrogen (secondary N) is 1. The van der Waals surface area contributed by atoms with Gasteiger partial charge in [0.1, 0.15) is 0 Å². The van der Waals surface area contributed by atoms with Crippen molar-refractivity contribution in [3.8, 4) is 11.8 Å². The molecule has 0 aliphatic heterocycles. The van der Waals surface area contributed by atoms with E-state index in [0.717, 1.165) is 9.75 Å². The van der Waals surface area contributed by atoms with Crippen LogP contribution in [0.15, 0.2) is 28.9 Å². The van der Waals surface area contributed by atoms with Gasteiger partial charge in [0.15, 0.2) is 0 Å². The first-order chi connectivity index (χ1) is 9.20. The fourth-order valence-corrected chi connectivity index (χ4v) is 2.42. The monoisotopic (exact) mass is 294 g/mol. The number of nitrogens with two attached hydrogens (primary N) is 1. The Balaban J connectivity index is 1.94. The number of hydrogen-bond donors (Lipinski definition) is 2. The number of carbonyl (C=O) groups excluding carboxylic acids is 1. The maximum Gasteiger partial charge on any atom is 0.256 e. The summed E-state index contributed by atoms with van der Waals surface area (Å²) in [6, 6.07) is 5.35. The molecular formula is C13H11ClN2O2S. The van der Waals surface area contributed by atoms with Gasteiger partial charge in [0.05, 0.1) is 29.8 Å². The summed E-state index contributed by atoms with van der Waals surface area (Å²) >= 11 is 7.24. The number of thiophene rings is 1. The van der Waals surface area contributed by atoms with E-state index in [1.165, 1.54) is 23.7 Å². The van der Waals surface area contributed by atoms with Gasteiger partial charge >= 0.3 is 0 Å². The maximum absolute atomic E-state index is 11.8. The van der Waals surface area contributed by atoms with E-state index in [4.69, 9.17) is 21.8 Å². The second kappa shape index (κ2) is 6.43. The molecule has 0 saturated carbocycles. The van der Waals surface area contributed by atoms with E-state index in [9.17, 15) is 4.79 Å². The molecule has 2 rings (SSSR count). The SMILES string of the molecule is NCC#Cc1ccc(CNC(=O)c2ccoc2Cl)s1. The Hall–Kier alpha value is -1.74. The molecule has 0 atom stereocenters. The summed E-state index contributed by atoms with van der Waals surface area (Å²) in [5.74, 6) is 5.47. The number of furan rings is 1. The number of amides is 1. The molecule has 0 spiro atoms. The Morgan fingerprint density at radius 2 is 2.32 bits per heavy atom. The lowest BCUT2D eigenvalue weighted by Crippen LogP contribution is -2.21. The average Bonchev–Trinajstić information content (AvgIpc) is 3.02. The summed E-state index contributed by atoms with van der Waals surface area (Å²) in [6.07, 6.45) is 1.38. The van der Waals surface area contributed by atoms with Crippen LogP contribution in [-0.2, 0) is 6.54 Å². The minimum atomic E-state index is -0.262. The molecule has 0 saturated heterocycles. The Labute approximate surface area is 119 Å². The van der Waals surface area contributed by atoms with Crippen molar-refractivity contribution in [1.29, 1.82) is 0 Å². The van der Waals surface area contributed by atoms with Crippen LogP contribution in [0.4, 0.5) is 0 Å². The van der Waals surface area contributed by atoms with Gasteiger partial charge in [0.25, 0.3) is 5.91 Å². The van der Waals surface area contributed by atoms with Crippen LogP contribution in [0.2, 0.25) is 5.22 Å². The van der Waals surface area contributed by atoms with E-state index in [2.05, 4.69) is 17.2 Å². The van der Waals surface area contributed by atoms with Crippen LogP contribution < -0.4 is 11.1 Å². The fourth-order valence-electron chi connectivity index (χ4n) is 1.40. The van der Waals surface area contributed by atoms with E-state index in [-0.39, 0.29) is 11.1 Å². The van der Waals surface area contributed by atoms with Crippen molar-refractivity contribution in [3.05, 3.63) is 45.0 Å². The number of halogens is 1. The molecule has 6 heteroatoms. The lowest BCUT2D eigenvalue weighted by molar-refractivity contribution is 0.0951. The molecule has 3 N–H and O–H groups in total. The molecule has 2 aromatic rings. The summed E-state index contributed by atoms with van der Waals surface area (Å²) in [7, 11) is 0. The van der Waals surface area contributed by atoms with Crippen molar-refractivity contribution >= 4 is 28.8 Å². The molecular weight excluding hydrogens is 284 g/mol. The van der Waals surface area contributed by atoms with Gasteiger partial charge in [0, 0.05) is 4.88 Å². The molecule has 19 heavy (non-hydrogen) atoms. The lowest BCUT2D eigenvalue weighted by Gasteiger charge is -2.01. The molecule has 2 aromatic heterocycles. The van der Waals surface area contributed by atoms with Gasteiger partial charge in [-0.3, -0.25) is 4.79 Å². The van der Waals surface area contributed by atoms with E-state index in [0.29, 0.717) is 18.7 Å². The molecule has 0 radical (unpaired) electrons. The highest BCUT2D eigenvalue weighted by molar-refractivity contribution is 7.12. The number of rotatable bonds is 3. The Morgan fingerprint density at radius 1 is 1.47 bits per heavy atom. The first-order valence-electron chi connectivity index (χ1n) is 5.49. The van der Waals surface area contributed by atoms with Crippen LogP contribution in [0.3, 0.4) is 0 Å². The average molecular weight is 295 g/mol. The van der Waals surface area contributed by atoms with Crippen LogP contribution in [0.1, 0.15) is 20.1 Å². The van der Waals surface area contributed by atoms with Crippen LogP contribution in [-0.4, -0.2) is 12.5 Å². The van der Waals surface area contributed by atoms with Gasteiger partial charge < -0.3 is 15.5 Å². The van der Waals surface area contributed by atoms with Crippen LogP contribution in [0.25, 0.3) is 0 Å². The minimum Gasteiger partial charge on any atom is -0.452 e. The van der Waals surface area contributed by atoms with Crippen molar-refractivity contribution in [3.63, 3.8) is 0 Å². The zero-order valence-corrected chi connectivity index (χ0v) is 11.5. The summed E-state index contributed by atoms with van der Waals surface area (Å²) in [4.78, 5) is 13.7. The Morgan fingerprint density at radius 3 is 3.00 bits per heavy atom. The van der Waals surface area contributed by atoms with E-state index < -0.39 is 0 Å². The molecule has 98 valence electrons. The predicted octanol–water partition coefficient (Wildman–Crippen LogP) is 2.23. The molecule has 0 aliphatic rings. The van der Waals surface area contributed by atoms with E-state index >= 15 is 0 Å². The third-order valence-electron chi connectivity index (χ3n) is 2.26. The van der Waals surface area contributed by atoms with Crippen LogP contribution in [0.5, 0.6) is 0 Å². The fraction of sp³-hybridized carbons (Fsp3) is 0.154. The lowest BCUT2D eigenvalue weighted by atomic mass is 10.3. The van der Waals surface area contributed by atoms with E-state index in [1.807, 2.05) is 12.1 Å². The molecule has 0 aliphatic carbocycles. The second-order valence-electron chi connectivity index (χ2n) is 3.56. The van der Waals surface area contributed by atoms with Crippen molar-refractivity contribution < 1.29 is 9.21 Å². The Kier molecular flexibility index (Phi) is 4.63. The largest absolute Gasteiger partial charge is 0.452 e. The number of hydrogen-bond acceptors (Lipinski definition) is 4. The number of carbonyl (C=O) groups is 1. The topological polar surface area (TPSA) is 68.3 Å². The first kappa shape index (κ1) is 13.7. The van der Waals surface area contributed by atoms with Crippen molar-refractivity contribution in [2.75, 3.05) is 6.54 Å². The standard InChI is InChI=1S/C13H11ClN2O2S/c14-12-11(5-7-18-12)13(17)16-8-10-4-3-9(19-10)2-1-6-15/h3-5,7H,6,8,15H2,(H,16,17). The molecule has 0 aromatic carbocycles. The van der Waals surface area contributed by atoms with Gasteiger partial charge in [-0.2, -0.15) is 0 Å². The maximum atomic E-state index is 11.8. The molecule has 1 amide bonds. The highest BCUT2D eigenvalue weighted by Crippen LogP contribution is 2.18. The predicted molar refractivity (Wildman–Crippen MR) is 75.1 cm³/mol. The van der Waals surface area contributed by atoms with Gasteiger partial charge in [-0.15, -0.1) is 11.3 Å². The van der Waals surface area contributed by atoms with Crippen molar-refractivity contribution in [2.24, 2.45) is 5.73 Å². The normalized spacial score (nSPS) is 9.79. The van der Waals surface area contributed by atoms with E-state index in [1.54, 1.807) is 0 Å². The molecule has 0 bridgehead atoms. The third kappa shape index (κ3) is 3.61. The summed E-state index contributed by atoms with van der Waals surface area (Å²) < 4.78 is 4.86. The van der Waals surface area contributed by atoms with Gasteiger partial charge in [0.2, 0.25) is 5.22 Å². The molecule has 4 nitrogen and oxygen atoms in total. The summed E-state index contributed by atoms with van der Waals surface area (Å²) in [5, 5.41) is 2.86. The minimum absolute atomic E-state index is 0.0955. The first-order valence-corrected chi connectivity index (χ1v) is 6.69. The molecule has 2 heterocycles. The van der Waals surface area contributed by atoms with Crippen molar-refractivity contribution in [2.45, 2.75) is 6.54 Å². The second-order valence-corrected chi connectivity index (χ2v) is 5.07.